The molecule has 0 spiro atoms. The molecule has 0 saturated carbocycles. The van der Waals surface area contributed by atoms with Gasteiger partial charge >= 0.3 is 0 Å². The predicted octanol–water partition coefficient (Wildman–Crippen LogP) is 1.38. The lowest BCUT2D eigenvalue weighted by molar-refractivity contribution is 0.563. The first-order chi connectivity index (χ1) is 8.53. The number of nitrogens with one attached hydrogen (secondary N) is 2. The standard InChI is InChI=1S/C10H10N4O2S2/c1-7(10-12-4-5-13-10)14-18(15,16)9-3-2-8(6-11)17-9/h2-5,7,14H,1H3,(H,12,13). The van der Waals surface area contributed by atoms with Crippen LogP contribution in [0.5, 0.6) is 0 Å². The minimum Gasteiger partial charge on any atom is -0.347 e. The van der Waals surface area contributed by atoms with Crippen LogP contribution in [0.25, 0.3) is 0 Å². The van der Waals surface area contributed by atoms with Gasteiger partial charge in [0, 0.05) is 12.4 Å². The monoisotopic (exact) mass is 282 g/mol. The first kappa shape index (κ1) is 12.8. The molecule has 1 atom stereocenters. The predicted molar refractivity (Wildman–Crippen MR) is 66.4 cm³/mol. The molecule has 0 saturated heterocycles. The summed E-state index contributed by atoms with van der Waals surface area (Å²) >= 11 is 0.937. The molecule has 2 aromatic heterocycles. The molecule has 0 amide bonds. The van der Waals surface area contributed by atoms with Gasteiger partial charge in [-0.2, -0.15) is 5.26 Å². The SMILES string of the molecule is CC(NS(=O)(=O)c1ccc(C#N)s1)c1ncc[nH]1. The summed E-state index contributed by atoms with van der Waals surface area (Å²) in [5.41, 5.74) is 0. The van der Waals surface area contributed by atoms with Crippen molar-refractivity contribution in [2.75, 3.05) is 0 Å². The summed E-state index contributed by atoms with van der Waals surface area (Å²) in [7, 11) is -3.62. The van der Waals surface area contributed by atoms with Crippen molar-refractivity contribution in [3.8, 4) is 6.07 Å². The number of hydrogen-bond acceptors (Lipinski definition) is 5. The third-order valence-electron chi connectivity index (χ3n) is 2.22. The molecule has 2 aromatic rings. The summed E-state index contributed by atoms with van der Waals surface area (Å²) in [6.45, 7) is 1.69. The largest absolute Gasteiger partial charge is 0.347 e. The fourth-order valence-corrected chi connectivity index (χ4v) is 3.71. The zero-order valence-electron chi connectivity index (χ0n) is 9.41. The van der Waals surface area contributed by atoms with E-state index in [1.54, 1.807) is 19.3 Å². The maximum Gasteiger partial charge on any atom is 0.250 e. The number of H-pyrrole nitrogens is 1. The van der Waals surface area contributed by atoms with Gasteiger partial charge in [0.05, 0.1) is 6.04 Å². The molecule has 0 aliphatic heterocycles. The Bertz CT molecular complexity index is 667. The van der Waals surface area contributed by atoms with E-state index in [0.717, 1.165) is 11.3 Å². The number of thiophene rings is 1. The van der Waals surface area contributed by atoms with E-state index in [-0.39, 0.29) is 4.21 Å². The molecule has 0 aliphatic carbocycles. The average Bonchev–Trinajstić information content (AvgIpc) is 3.00. The zero-order valence-corrected chi connectivity index (χ0v) is 11.0. The number of rotatable bonds is 4. The van der Waals surface area contributed by atoms with Crippen LogP contribution < -0.4 is 4.72 Å². The third kappa shape index (κ3) is 2.59. The summed E-state index contributed by atoms with van der Waals surface area (Å²) in [6.07, 6.45) is 3.18. The third-order valence-corrected chi connectivity index (χ3v) is 5.24. The van der Waals surface area contributed by atoms with Crippen LogP contribution in [0.15, 0.2) is 28.7 Å². The Morgan fingerprint density at radius 1 is 1.56 bits per heavy atom. The number of hydrogen-bond donors (Lipinski definition) is 2. The molecule has 6 nitrogen and oxygen atoms in total. The minimum absolute atomic E-state index is 0.123. The van der Waals surface area contributed by atoms with E-state index >= 15 is 0 Å². The van der Waals surface area contributed by atoms with Gasteiger partial charge in [-0.05, 0) is 19.1 Å². The fourth-order valence-electron chi connectivity index (χ4n) is 1.39. The molecule has 0 radical (unpaired) electrons. The molecule has 8 heteroatoms. The Kier molecular flexibility index (Phi) is 3.47. The van der Waals surface area contributed by atoms with E-state index in [2.05, 4.69) is 14.7 Å². The van der Waals surface area contributed by atoms with E-state index in [9.17, 15) is 8.42 Å². The molecular formula is C10H10N4O2S2. The van der Waals surface area contributed by atoms with E-state index < -0.39 is 16.1 Å². The highest BCUT2D eigenvalue weighted by Gasteiger charge is 2.21. The van der Waals surface area contributed by atoms with Gasteiger partial charge in [0.1, 0.15) is 21.0 Å². The van der Waals surface area contributed by atoms with Crippen molar-refractivity contribution >= 4 is 21.4 Å². The van der Waals surface area contributed by atoms with Gasteiger partial charge in [-0.15, -0.1) is 11.3 Å². The molecule has 2 rings (SSSR count). The van der Waals surface area contributed by atoms with Gasteiger partial charge in [-0.25, -0.2) is 18.1 Å². The van der Waals surface area contributed by atoms with Crippen LogP contribution in [-0.2, 0) is 10.0 Å². The molecule has 2 heterocycles. The van der Waals surface area contributed by atoms with Crippen molar-refractivity contribution in [1.29, 1.82) is 5.26 Å². The number of sulfonamides is 1. The Balaban J connectivity index is 2.20. The van der Waals surface area contributed by atoms with E-state index in [4.69, 9.17) is 5.26 Å². The average molecular weight is 282 g/mol. The normalized spacial score (nSPS) is 13.1. The van der Waals surface area contributed by atoms with Gasteiger partial charge in [0.25, 0.3) is 10.0 Å². The highest BCUT2D eigenvalue weighted by atomic mass is 32.2. The maximum absolute atomic E-state index is 12.0. The highest BCUT2D eigenvalue weighted by Crippen LogP contribution is 2.22. The molecule has 0 fully saturated rings. The van der Waals surface area contributed by atoms with E-state index in [1.807, 2.05) is 6.07 Å². The molecule has 94 valence electrons. The lowest BCUT2D eigenvalue weighted by Crippen LogP contribution is -2.26. The molecule has 2 N–H and O–H groups in total. The second-order valence-electron chi connectivity index (χ2n) is 3.55. The minimum atomic E-state index is -3.62. The van der Waals surface area contributed by atoms with Crippen LogP contribution in [0.1, 0.15) is 23.7 Å². The Morgan fingerprint density at radius 2 is 2.33 bits per heavy atom. The first-order valence-corrected chi connectivity index (χ1v) is 7.34. The number of nitriles is 1. The lowest BCUT2D eigenvalue weighted by Gasteiger charge is -2.10. The molecule has 18 heavy (non-hydrogen) atoms. The van der Waals surface area contributed by atoms with E-state index in [0.29, 0.717) is 10.7 Å². The summed E-state index contributed by atoms with van der Waals surface area (Å²) in [6, 6.07) is 4.35. The lowest BCUT2D eigenvalue weighted by atomic mass is 10.3. The second-order valence-corrected chi connectivity index (χ2v) is 6.57. The highest BCUT2D eigenvalue weighted by molar-refractivity contribution is 7.91. The maximum atomic E-state index is 12.0. The van der Waals surface area contributed by atoms with Crippen LogP contribution in [0.2, 0.25) is 0 Å². The second kappa shape index (κ2) is 4.89. The van der Waals surface area contributed by atoms with Crippen LogP contribution in [0, 0.1) is 11.3 Å². The van der Waals surface area contributed by atoms with Gasteiger partial charge in [0.2, 0.25) is 0 Å². The molecule has 0 bridgehead atoms. The van der Waals surface area contributed by atoms with Gasteiger partial charge < -0.3 is 4.98 Å². The molecule has 1 unspecified atom stereocenters. The molecular weight excluding hydrogens is 272 g/mol. The van der Waals surface area contributed by atoms with Crippen molar-refractivity contribution in [2.45, 2.75) is 17.2 Å². The number of imidazole rings is 1. The Labute approximate surface area is 108 Å². The van der Waals surface area contributed by atoms with Crippen molar-refractivity contribution in [1.82, 2.24) is 14.7 Å². The van der Waals surface area contributed by atoms with Gasteiger partial charge in [0.15, 0.2) is 0 Å². The number of nitrogens with zero attached hydrogens (tertiary/aromatic N) is 2. The van der Waals surface area contributed by atoms with E-state index in [1.165, 1.54) is 12.1 Å². The van der Waals surface area contributed by atoms with Crippen LogP contribution in [-0.4, -0.2) is 18.4 Å². The van der Waals surface area contributed by atoms with Gasteiger partial charge in [-0.1, -0.05) is 0 Å². The summed E-state index contributed by atoms with van der Waals surface area (Å²) in [5.74, 6) is 0.538. The van der Waals surface area contributed by atoms with Crippen LogP contribution >= 0.6 is 11.3 Å². The smallest absolute Gasteiger partial charge is 0.250 e. The van der Waals surface area contributed by atoms with Gasteiger partial charge in [-0.3, -0.25) is 0 Å². The van der Waals surface area contributed by atoms with Crippen molar-refractivity contribution in [2.24, 2.45) is 0 Å². The number of aromatic amines is 1. The Hall–Kier alpha value is -1.69. The summed E-state index contributed by atoms with van der Waals surface area (Å²) in [4.78, 5) is 7.19. The quantitative estimate of drug-likeness (QED) is 0.885. The fraction of sp³-hybridized carbons (Fsp3) is 0.200. The topological polar surface area (TPSA) is 98.6 Å². The van der Waals surface area contributed by atoms with Crippen LogP contribution in [0.4, 0.5) is 0 Å². The summed E-state index contributed by atoms with van der Waals surface area (Å²) < 4.78 is 26.6. The number of aromatic nitrogens is 2. The van der Waals surface area contributed by atoms with Crippen molar-refractivity contribution in [3.63, 3.8) is 0 Å². The summed E-state index contributed by atoms with van der Waals surface area (Å²) in [5, 5.41) is 8.68. The van der Waals surface area contributed by atoms with Crippen molar-refractivity contribution in [3.05, 3.63) is 35.2 Å². The molecule has 0 aliphatic rings. The zero-order chi connectivity index (χ0) is 13.2. The molecule has 0 aromatic carbocycles. The van der Waals surface area contributed by atoms with Crippen LogP contribution in [0.3, 0.4) is 0 Å². The van der Waals surface area contributed by atoms with Crippen molar-refractivity contribution < 1.29 is 8.42 Å². The Morgan fingerprint density at radius 3 is 2.89 bits per heavy atom. The first-order valence-electron chi connectivity index (χ1n) is 5.04.